The molecule has 4 aliphatic heterocycles. The summed E-state index contributed by atoms with van der Waals surface area (Å²) in [6, 6.07) is 47.6. The van der Waals surface area contributed by atoms with E-state index in [1.165, 1.54) is 72.8 Å². The summed E-state index contributed by atoms with van der Waals surface area (Å²) < 4.78 is 93.9. The van der Waals surface area contributed by atoms with E-state index in [4.69, 9.17) is 71.1 Å². The summed E-state index contributed by atoms with van der Waals surface area (Å²) in [5.41, 5.74) is 0.689. The van der Waals surface area contributed by atoms with E-state index in [0.717, 1.165) is 0 Å². The third-order valence-electron chi connectivity index (χ3n) is 14.8. The van der Waals surface area contributed by atoms with Gasteiger partial charge in [0, 0.05) is 0 Å². The summed E-state index contributed by atoms with van der Waals surface area (Å²) in [6.45, 7) is -4.46. The average Bonchev–Trinajstić information content (AvgIpc) is 0.964. The average molecular weight is 1240 g/mol. The first-order chi connectivity index (χ1) is 43.9. The van der Waals surface area contributed by atoms with Crippen molar-refractivity contribution in [3.8, 4) is 0 Å². The Morgan fingerprint density at radius 3 is 0.889 bits per heavy atom. The molecule has 0 spiro atoms. The number of benzene rings is 6. The largest absolute Gasteiger partial charge is 0.459 e. The molecule has 4 heterocycles. The fourth-order valence-corrected chi connectivity index (χ4v) is 10.3. The molecule has 0 saturated carbocycles. The van der Waals surface area contributed by atoms with Gasteiger partial charge in [-0.1, -0.05) is 109 Å². The van der Waals surface area contributed by atoms with E-state index in [1.54, 1.807) is 109 Å². The van der Waals surface area contributed by atoms with Crippen molar-refractivity contribution >= 4 is 35.8 Å². The van der Waals surface area contributed by atoms with Crippen molar-refractivity contribution in [2.24, 2.45) is 0 Å². The van der Waals surface area contributed by atoms with E-state index in [-0.39, 0.29) is 46.6 Å². The molecule has 6 aromatic rings. The van der Waals surface area contributed by atoms with Gasteiger partial charge in [0.15, 0.2) is 43.3 Å². The monoisotopic (exact) mass is 1240 g/mol. The first kappa shape index (κ1) is 64.6. The van der Waals surface area contributed by atoms with E-state index in [0.29, 0.717) is 0 Å². The smallest absolute Gasteiger partial charge is 0.338 e. The number of hydrogen-bond acceptors (Lipinski definition) is 24. The van der Waals surface area contributed by atoms with Crippen LogP contribution in [0.25, 0.3) is 0 Å². The summed E-state index contributed by atoms with van der Waals surface area (Å²) in [6.07, 6.45) is -23.7. The second kappa shape index (κ2) is 31.9. The Hall–Kier alpha value is -8.34. The van der Waals surface area contributed by atoms with Gasteiger partial charge in [-0.15, -0.1) is 0 Å². The van der Waals surface area contributed by atoms with Crippen molar-refractivity contribution in [2.75, 3.05) is 59.5 Å². The lowest BCUT2D eigenvalue weighted by molar-refractivity contribution is -0.333. The molecule has 0 bridgehead atoms. The van der Waals surface area contributed by atoms with Gasteiger partial charge in [0.05, 0.1) is 79.6 Å². The Bertz CT molecular complexity index is 3260. The minimum absolute atomic E-state index is 0.0778. The zero-order valence-electron chi connectivity index (χ0n) is 48.3. The molecular formula is C66H66O24. The van der Waals surface area contributed by atoms with E-state index >= 15 is 0 Å². The van der Waals surface area contributed by atoms with Gasteiger partial charge in [0.1, 0.15) is 62.0 Å². The number of carbonyl (C=O) groups is 6. The van der Waals surface area contributed by atoms with Gasteiger partial charge in [0.25, 0.3) is 0 Å². The maximum absolute atomic E-state index is 14.4. The van der Waals surface area contributed by atoms with Gasteiger partial charge in [-0.05, 0) is 72.8 Å². The van der Waals surface area contributed by atoms with Crippen LogP contribution < -0.4 is 0 Å². The van der Waals surface area contributed by atoms with Crippen molar-refractivity contribution in [3.05, 3.63) is 215 Å². The van der Waals surface area contributed by atoms with Crippen LogP contribution in [0, 0.1) is 0 Å². The van der Waals surface area contributed by atoms with Crippen LogP contribution in [-0.4, -0.2) is 203 Å². The summed E-state index contributed by atoms with van der Waals surface area (Å²) in [5, 5.41) is 32.8. The van der Waals surface area contributed by atoms with Crippen LogP contribution in [0.1, 0.15) is 62.1 Å². The number of ether oxygens (including phenoxy) is 15. The van der Waals surface area contributed by atoms with Crippen LogP contribution in [0.4, 0.5) is 0 Å². The van der Waals surface area contributed by atoms with E-state index in [1.807, 2.05) is 0 Å². The van der Waals surface area contributed by atoms with Crippen LogP contribution in [-0.2, 0) is 71.1 Å². The van der Waals surface area contributed by atoms with Gasteiger partial charge >= 0.3 is 35.8 Å². The summed E-state index contributed by atoms with van der Waals surface area (Å²) in [7, 11) is 0. The van der Waals surface area contributed by atoms with E-state index in [9.17, 15) is 44.1 Å². The number of fused-ring (bicyclic) bond motifs is 3. The highest BCUT2D eigenvalue weighted by Gasteiger charge is 2.55. The lowest BCUT2D eigenvalue weighted by Crippen LogP contribution is -2.63. The molecule has 4 saturated heterocycles. The minimum atomic E-state index is -1.74. The standard InChI is InChI=1S/C66H66O24/c67-37-46-49(68)50(69)53-64(84-46)79-35-32-77-57-55(90-63(75)45-29-17-6-18-30-45)52(88-61(73)43-25-13-4-14-26-43)48(39-83-59(71)41-21-9-2-10-22-41)86-66(57)81-36-33-78-56-54(89-62(74)44-27-15-5-16-28-44)51(87-60(72)42-23-11-3-12-24-42)47(85-65(56)80-34-31-76-53)38-82-58(70)40-19-7-1-8-20-40/h1-30,46-57,64-69H,31-39H2/t46-,47-,48-,49-,50+,51-,52-,53-,54+,55+,56-,57-,64+,65-,66-/m1/s1. The first-order valence-corrected chi connectivity index (χ1v) is 29.1. The van der Waals surface area contributed by atoms with Crippen LogP contribution in [0.2, 0.25) is 0 Å². The Morgan fingerprint density at radius 2 is 0.578 bits per heavy atom. The maximum atomic E-state index is 14.4. The highest BCUT2D eigenvalue weighted by molar-refractivity contribution is 5.92. The Balaban J connectivity index is 1.03. The summed E-state index contributed by atoms with van der Waals surface area (Å²) in [4.78, 5) is 84.3. The van der Waals surface area contributed by atoms with Gasteiger partial charge in [-0.3, -0.25) is 0 Å². The Labute approximate surface area is 516 Å². The molecule has 0 aliphatic carbocycles. The molecule has 3 N–H and O–H groups in total. The number of hydrogen-bond donors (Lipinski definition) is 3. The number of esters is 6. The van der Waals surface area contributed by atoms with Crippen LogP contribution in [0.3, 0.4) is 0 Å². The molecule has 4 aliphatic rings. The van der Waals surface area contributed by atoms with E-state index in [2.05, 4.69) is 0 Å². The van der Waals surface area contributed by atoms with Crippen molar-refractivity contribution in [2.45, 2.75) is 92.1 Å². The highest BCUT2D eigenvalue weighted by Crippen LogP contribution is 2.35. The zero-order chi connectivity index (χ0) is 62.8. The number of carbonyl (C=O) groups excluding carboxylic acids is 6. The molecule has 4 fully saturated rings. The molecular weight excluding hydrogens is 1180 g/mol. The molecule has 15 atom stereocenters. The second-order valence-corrected chi connectivity index (χ2v) is 20.8. The first-order valence-electron chi connectivity index (χ1n) is 29.1. The quantitative estimate of drug-likeness (QED) is 0.0926. The van der Waals surface area contributed by atoms with Crippen molar-refractivity contribution < 1.29 is 115 Å². The minimum Gasteiger partial charge on any atom is -0.459 e. The fourth-order valence-electron chi connectivity index (χ4n) is 10.3. The normalized spacial score (nSPS) is 28.2. The molecule has 6 aromatic carbocycles. The van der Waals surface area contributed by atoms with Gasteiger partial charge < -0.3 is 86.4 Å². The van der Waals surface area contributed by atoms with E-state index < -0.39 is 174 Å². The molecule has 0 amide bonds. The predicted octanol–water partition coefficient (Wildman–Crippen LogP) is 4.71. The van der Waals surface area contributed by atoms with Crippen molar-refractivity contribution in [3.63, 3.8) is 0 Å². The second-order valence-electron chi connectivity index (χ2n) is 20.8. The third kappa shape index (κ3) is 16.5. The summed E-state index contributed by atoms with van der Waals surface area (Å²) >= 11 is 0. The van der Waals surface area contributed by atoms with Crippen LogP contribution in [0.5, 0.6) is 0 Å². The Morgan fingerprint density at radius 1 is 0.322 bits per heavy atom. The molecule has 0 aromatic heterocycles. The van der Waals surface area contributed by atoms with Crippen molar-refractivity contribution in [1.29, 1.82) is 0 Å². The molecule has 10 rings (SSSR count). The van der Waals surface area contributed by atoms with Crippen LogP contribution in [0.15, 0.2) is 182 Å². The fraction of sp³-hybridized carbons (Fsp3) is 0.364. The molecule has 474 valence electrons. The van der Waals surface area contributed by atoms with Gasteiger partial charge in [0.2, 0.25) is 0 Å². The number of aliphatic hydroxyl groups excluding tert-OH is 3. The topological polar surface area (TPSA) is 302 Å². The lowest BCUT2D eigenvalue weighted by Gasteiger charge is -2.45. The SMILES string of the molecule is O=C(OC[C@H]1O[C@H]2OCCO[C@H]3[C@H](OCCO[C@H]4[C@@H](OCCO[C@@H]2[C@@H](OC(=O)c2ccccc2)[C@@H]1OC(=O)c1ccccc1)O[C@H](CO)[C@@H](O)[C@@H]4O)O[C@H](COC(=O)c1ccccc1)[C@@H](OC(=O)c1ccccc1)[C@@H]3OC(=O)c1ccccc1)c1ccccc1. The van der Waals surface area contributed by atoms with Gasteiger partial charge in [-0.25, -0.2) is 28.8 Å². The molecule has 24 heteroatoms. The van der Waals surface area contributed by atoms with Gasteiger partial charge in [-0.2, -0.15) is 0 Å². The highest BCUT2D eigenvalue weighted by atomic mass is 16.8. The third-order valence-corrected chi connectivity index (χ3v) is 14.8. The molecule has 0 unspecified atom stereocenters. The molecule has 0 radical (unpaired) electrons. The predicted molar refractivity (Wildman–Crippen MR) is 308 cm³/mol. The lowest BCUT2D eigenvalue weighted by atomic mass is 9.97. The van der Waals surface area contributed by atoms with Crippen molar-refractivity contribution in [1.82, 2.24) is 0 Å². The molecule has 90 heavy (non-hydrogen) atoms. The zero-order valence-corrected chi connectivity index (χ0v) is 48.3. The van der Waals surface area contributed by atoms with Crippen LogP contribution >= 0.6 is 0 Å². The number of rotatable bonds is 15. The summed E-state index contributed by atoms with van der Waals surface area (Å²) in [5.74, 6) is -5.16. The maximum Gasteiger partial charge on any atom is 0.338 e. The number of aliphatic hydroxyl groups is 3. The molecule has 24 nitrogen and oxygen atoms in total. The Kier molecular flexibility index (Phi) is 22.9.